The number of halogens is 1. The van der Waals surface area contributed by atoms with Crippen molar-refractivity contribution in [1.29, 1.82) is 0 Å². The molecule has 1 aromatic rings. The first-order valence-corrected chi connectivity index (χ1v) is 9.01. The monoisotopic (exact) mass is 301 g/mol. The Labute approximate surface area is 127 Å². The zero-order valence-corrected chi connectivity index (χ0v) is 14.0. The summed E-state index contributed by atoms with van der Waals surface area (Å²) in [5.41, 5.74) is 0. The molecule has 110 valence electrons. The van der Waals surface area contributed by atoms with Gasteiger partial charge in [-0.3, -0.25) is 0 Å². The quantitative estimate of drug-likeness (QED) is 0.480. The third kappa shape index (κ3) is 6.78. The molecule has 0 amide bonds. The Morgan fingerprint density at radius 3 is 2.37 bits per heavy atom. The van der Waals surface area contributed by atoms with Crippen LogP contribution in [0.2, 0.25) is 5.02 Å². The van der Waals surface area contributed by atoms with Crippen molar-refractivity contribution in [2.24, 2.45) is 0 Å². The summed E-state index contributed by atoms with van der Waals surface area (Å²) in [5.74, 6) is 0. The molecule has 0 bridgehead atoms. The van der Waals surface area contributed by atoms with E-state index in [1.54, 1.807) is 11.3 Å². The van der Waals surface area contributed by atoms with Crippen LogP contribution in [0, 0.1) is 0 Å². The standard InChI is InChI=1S/C16H28ClNS/c1-3-5-6-7-8-9-10-11-15(18-4-2)16-14(17)12-13-19-16/h12-13,15,18H,3-11H2,1-2H3. The fourth-order valence-electron chi connectivity index (χ4n) is 2.43. The summed E-state index contributed by atoms with van der Waals surface area (Å²) in [4.78, 5) is 1.31. The Kier molecular flexibility index (Phi) is 9.58. The van der Waals surface area contributed by atoms with Crippen LogP contribution in [0.3, 0.4) is 0 Å². The minimum absolute atomic E-state index is 0.452. The van der Waals surface area contributed by atoms with Gasteiger partial charge in [-0.25, -0.2) is 0 Å². The van der Waals surface area contributed by atoms with Gasteiger partial charge in [0.05, 0.1) is 5.02 Å². The Morgan fingerprint density at radius 1 is 1.11 bits per heavy atom. The average Bonchev–Trinajstić information content (AvgIpc) is 2.82. The van der Waals surface area contributed by atoms with E-state index >= 15 is 0 Å². The molecule has 1 unspecified atom stereocenters. The Morgan fingerprint density at radius 2 is 1.79 bits per heavy atom. The first-order chi connectivity index (χ1) is 9.29. The van der Waals surface area contributed by atoms with Crippen LogP contribution < -0.4 is 5.32 Å². The zero-order chi connectivity index (χ0) is 13.9. The number of nitrogens with one attached hydrogen (secondary N) is 1. The lowest BCUT2D eigenvalue weighted by Gasteiger charge is -2.17. The minimum Gasteiger partial charge on any atom is -0.309 e. The molecular weight excluding hydrogens is 274 g/mol. The van der Waals surface area contributed by atoms with Gasteiger partial charge in [0, 0.05) is 10.9 Å². The maximum Gasteiger partial charge on any atom is 0.0561 e. The molecule has 19 heavy (non-hydrogen) atoms. The second kappa shape index (κ2) is 10.7. The van der Waals surface area contributed by atoms with E-state index in [2.05, 4.69) is 24.5 Å². The van der Waals surface area contributed by atoms with Crippen molar-refractivity contribution >= 4 is 22.9 Å². The first-order valence-electron chi connectivity index (χ1n) is 7.75. The lowest BCUT2D eigenvalue weighted by atomic mass is 10.0. The summed E-state index contributed by atoms with van der Waals surface area (Å²) in [6.45, 7) is 5.44. The lowest BCUT2D eigenvalue weighted by Crippen LogP contribution is -2.20. The van der Waals surface area contributed by atoms with E-state index in [1.165, 1.54) is 56.2 Å². The van der Waals surface area contributed by atoms with Crippen LogP contribution in [0.1, 0.15) is 76.1 Å². The van der Waals surface area contributed by atoms with E-state index in [0.29, 0.717) is 6.04 Å². The molecule has 0 radical (unpaired) electrons. The third-order valence-electron chi connectivity index (χ3n) is 3.51. The normalized spacial score (nSPS) is 12.8. The van der Waals surface area contributed by atoms with Crippen LogP contribution in [0.15, 0.2) is 11.4 Å². The van der Waals surface area contributed by atoms with E-state index in [-0.39, 0.29) is 0 Å². The average molecular weight is 302 g/mol. The highest BCUT2D eigenvalue weighted by atomic mass is 35.5. The van der Waals surface area contributed by atoms with Gasteiger partial charge in [-0.1, -0.05) is 70.4 Å². The van der Waals surface area contributed by atoms with E-state index in [0.717, 1.165) is 11.6 Å². The van der Waals surface area contributed by atoms with Gasteiger partial charge in [0.2, 0.25) is 0 Å². The summed E-state index contributed by atoms with van der Waals surface area (Å²) in [6.07, 6.45) is 10.8. The molecule has 0 aromatic carbocycles. The van der Waals surface area contributed by atoms with Gasteiger partial charge in [0.1, 0.15) is 0 Å². The summed E-state index contributed by atoms with van der Waals surface area (Å²) in [7, 11) is 0. The van der Waals surface area contributed by atoms with Crippen molar-refractivity contribution in [2.45, 2.75) is 71.3 Å². The number of rotatable bonds is 11. The smallest absolute Gasteiger partial charge is 0.0561 e. The van der Waals surface area contributed by atoms with Crippen LogP contribution in [-0.2, 0) is 0 Å². The lowest BCUT2D eigenvalue weighted by molar-refractivity contribution is 0.481. The topological polar surface area (TPSA) is 12.0 Å². The van der Waals surface area contributed by atoms with Crippen LogP contribution in [0.25, 0.3) is 0 Å². The summed E-state index contributed by atoms with van der Waals surface area (Å²) < 4.78 is 0. The molecule has 1 nitrogen and oxygen atoms in total. The molecule has 1 heterocycles. The number of unbranched alkanes of at least 4 members (excludes halogenated alkanes) is 6. The second-order valence-corrected chi connectivity index (χ2v) is 6.51. The molecule has 1 rings (SSSR count). The highest BCUT2D eigenvalue weighted by Crippen LogP contribution is 2.31. The van der Waals surface area contributed by atoms with Crippen LogP contribution in [-0.4, -0.2) is 6.54 Å². The van der Waals surface area contributed by atoms with E-state index < -0.39 is 0 Å². The predicted octanol–water partition coefficient (Wildman–Crippen LogP) is 6.19. The van der Waals surface area contributed by atoms with Crippen molar-refractivity contribution in [3.8, 4) is 0 Å². The molecule has 3 heteroatoms. The van der Waals surface area contributed by atoms with E-state index in [1.807, 2.05) is 6.07 Å². The van der Waals surface area contributed by atoms with Crippen LogP contribution in [0.5, 0.6) is 0 Å². The fraction of sp³-hybridized carbons (Fsp3) is 0.750. The third-order valence-corrected chi connectivity index (χ3v) is 4.98. The first kappa shape index (κ1) is 17.0. The van der Waals surface area contributed by atoms with Gasteiger partial charge in [-0.2, -0.15) is 0 Å². The van der Waals surface area contributed by atoms with Gasteiger partial charge in [-0.15, -0.1) is 11.3 Å². The molecule has 1 atom stereocenters. The van der Waals surface area contributed by atoms with Crippen LogP contribution in [0.4, 0.5) is 0 Å². The molecule has 0 aliphatic heterocycles. The zero-order valence-electron chi connectivity index (χ0n) is 12.4. The fourth-order valence-corrected chi connectivity index (χ4v) is 3.73. The number of thiophene rings is 1. The van der Waals surface area contributed by atoms with Crippen molar-refractivity contribution in [3.05, 3.63) is 21.3 Å². The van der Waals surface area contributed by atoms with E-state index in [4.69, 9.17) is 11.6 Å². The molecule has 0 saturated carbocycles. The Hall–Kier alpha value is -0.0500. The molecular formula is C16H28ClNS. The van der Waals surface area contributed by atoms with Crippen molar-refractivity contribution in [1.82, 2.24) is 5.32 Å². The maximum atomic E-state index is 6.24. The highest BCUT2D eigenvalue weighted by molar-refractivity contribution is 7.10. The molecule has 1 aromatic heterocycles. The summed E-state index contributed by atoms with van der Waals surface area (Å²) in [5, 5.41) is 6.58. The molecule has 0 spiro atoms. The van der Waals surface area contributed by atoms with Crippen molar-refractivity contribution < 1.29 is 0 Å². The van der Waals surface area contributed by atoms with Gasteiger partial charge in [0.25, 0.3) is 0 Å². The Bertz CT molecular complexity index is 324. The Balaban J connectivity index is 2.22. The molecule has 0 saturated heterocycles. The van der Waals surface area contributed by atoms with Gasteiger partial charge in [0.15, 0.2) is 0 Å². The molecule has 0 aliphatic rings. The second-order valence-electron chi connectivity index (χ2n) is 5.15. The summed E-state index contributed by atoms with van der Waals surface area (Å²) >= 11 is 8.02. The van der Waals surface area contributed by atoms with E-state index in [9.17, 15) is 0 Å². The molecule has 0 fully saturated rings. The highest BCUT2D eigenvalue weighted by Gasteiger charge is 2.14. The van der Waals surface area contributed by atoms with Gasteiger partial charge >= 0.3 is 0 Å². The van der Waals surface area contributed by atoms with Gasteiger partial charge < -0.3 is 5.32 Å². The molecule has 0 aliphatic carbocycles. The SMILES string of the molecule is CCCCCCCCCC(NCC)c1sccc1Cl. The van der Waals surface area contributed by atoms with Gasteiger partial charge in [-0.05, 0) is 24.4 Å². The largest absolute Gasteiger partial charge is 0.309 e. The molecule has 1 N–H and O–H groups in total. The number of hydrogen-bond acceptors (Lipinski definition) is 2. The van der Waals surface area contributed by atoms with Crippen LogP contribution >= 0.6 is 22.9 Å². The van der Waals surface area contributed by atoms with Crippen molar-refractivity contribution in [2.75, 3.05) is 6.54 Å². The minimum atomic E-state index is 0.452. The predicted molar refractivity (Wildman–Crippen MR) is 88.4 cm³/mol. The number of hydrogen-bond donors (Lipinski definition) is 1. The summed E-state index contributed by atoms with van der Waals surface area (Å²) in [6, 6.07) is 2.46. The maximum absolute atomic E-state index is 6.24. The van der Waals surface area contributed by atoms with Crippen molar-refractivity contribution in [3.63, 3.8) is 0 Å².